The predicted octanol–water partition coefficient (Wildman–Crippen LogP) is 6.74. The van der Waals surface area contributed by atoms with Crippen molar-refractivity contribution in [3.8, 4) is 16.3 Å². The van der Waals surface area contributed by atoms with Crippen molar-refractivity contribution in [1.29, 1.82) is 0 Å². The van der Waals surface area contributed by atoms with Crippen molar-refractivity contribution in [1.82, 2.24) is 4.98 Å². The summed E-state index contributed by atoms with van der Waals surface area (Å²) in [5.74, 6) is -0.125. The molecule has 0 saturated carbocycles. The number of anilines is 1. The van der Waals surface area contributed by atoms with E-state index in [2.05, 4.69) is 10.3 Å². The minimum atomic E-state index is -0.409. The minimum Gasteiger partial charge on any atom is -0.489 e. The number of rotatable bonds is 6. The molecule has 0 saturated heterocycles. The molecule has 0 aliphatic carbocycles. The van der Waals surface area contributed by atoms with Crippen LogP contribution in [0.2, 0.25) is 5.02 Å². The number of nitrogens with one attached hydrogen (secondary N) is 1. The lowest BCUT2D eigenvalue weighted by atomic mass is 10.2. The van der Waals surface area contributed by atoms with Crippen LogP contribution in [0.1, 0.15) is 21.6 Å². The first-order chi connectivity index (χ1) is 15.0. The van der Waals surface area contributed by atoms with Gasteiger partial charge in [-0.3, -0.25) is 4.79 Å². The molecule has 156 valence electrons. The van der Waals surface area contributed by atoms with Gasteiger partial charge in [0.25, 0.3) is 5.91 Å². The molecule has 31 heavy (non-hydrogen) atoms. The maximum Gasteiger partial charge on any atom is 0.275 e. The fraction of sp³-hybridized carbons (Fsp3) is 0.0833. The largest absolute Gasteiger partial charge is 0.489 e. The van der Waals surface area contributed by atoms with Gasteiger partial charge in [0.2, 0.25) is 0 Å². The molecule has 0 radical (unpaired) electrons. The Hall–Kier alpha value is -3.22. The van der Waals surface area contributed by atoms with Crippen LogP contribution >= 0.6 is 22.9 Å². The molecule has 4 rings (SSSR count). The normalized spacial score (nSPS) is 10.7. The third kappa shape index (κ3) is 5.10. The second-order valence-electron chi connectivity index (χ2n) is 6.88. The summed E-state index contributed by atoms with van der Waals surface area (Å²) in [6.45, 7) is 1.97. The van der Waals surface area contributed by atoms with Gasteiger partial charge < -0.3 is 10.1 Å². The van der Waals surface area contributed by atoms with Crippen LogP contribution in [0.4, 0.5) is 10.1 Å². The number of halogens is 2. The molecule has 0 fully saturated rings. The van der Waals surface area contributed by atoms with E-state index in [0.717, 1.165) is 16.8 Å². The highest BCUT2D eigenvalue weighted by Gasteiger charge is 2.13. The molecule has 3 aromatic carbocycles. The lowest BCUT2D eigenvalue weighted by Crippen LogP contribution is -2.12. The fourth-order valence-electron chi connectivity index (χ4n) is 2.97. The first kappa shape index (κ1) is 21.0. The number of benzene rings is 3. The molecule has 0 spiro atoms. The Balaban J connectivity index is 1.47. The number of hydrogen-bond donors (Lipinski definition) is 1. The molecule has 0 aliphatic heterocycles. The monoisotopic (exact) mass is 452 g/mol. The molecule has 1 aromatic heterocycles. The van der Waals surface area contributed by atoms with Gasteiger partial charge in [-0.2, -0.15) is 0 Å². The van der Waals surface area contributed by atoms with E-state index >= 15 is 0 Å². The Bertz CT molecular complexity index is 1220. The molecule has 0 unspecified atom stereocenters. The molecular formula is C24H18ClFN2O2S. The molecule has 4 nitrogen and oxygen atoms in total. The minimum absolute atomic E-state index is 0.0109. The van der Waals surface area contributed by atoms with Gasteiger partial charge in [-0.15, -0.1) is 11.3 Å². The number of carbonyl (C=O) groups excluding carboxylic acids is 1. The van der Waals surface area contributed by atoms with Gasteiger partial charge >= 0.3 is 0 Å². The number of aromatic nitrogens is 1. The van der Waals surface area contributed by atoms with E-state index in [-0.39, 0.29) is 12.5 Å². The van der Waals surface area contributed by atoms with E-state index in [4.69, 9.17) is 16.3 Å². The Morgan fingerprint density at radius 1 is 1.13 bits per heavy atom. The van der Waals surface area contributed by atoms with Crippen molar-refractivity contribution in [2.75, 3.05) is 5.32 Å². The second-order valence-corrected chi connectivity index (χ2v) is 8.14. The van der Waals surface area contributed by atoms with Gasteiger partial charge in [-0.25, -0.2) is 9.37 Å². The summed E-state index contributed by atoms with van der Waals surface area (Å²) in [5.41, 5.74) is 3.23. The number of amides is 1. The summed E-state index contributed by atoms with van der Waals surface area (Å²) in [5, 5.41) is 5.58. The molecule has 7 heteroatoms. The van der Waals surface area contributed by atoms with Crippen molar-refractivity contribution in [3.63, 3.8) is 0 Å². The first-order valence-corrected chi connectivity index (χ1v) is 10.7. The van der Waals surface area contributed by atoms with Gasteiger partial charge in [0.05, 0.1) is 5.02 Å². The fourth-order valence-corrected chi connectivity index (χ4v) is 3.99. The molecule has 0 atom stereocenters. The summed E-state index contributed by atoms with van der Waals surface area (Å²) in [4.78, 5) is 17.0. The Morgan fingerprint density at radius 3 is 2.74 bits per heavy atom. The Labute approximate surface area is 188 Å². The van der Waals surface area contributed by atoms with Crippen LogP contribution in [-0.2, 0) is 6.61 Å². The van der Waals surface area contributed by atoms with Crippen LogP contribution in [0.5, 0.6) is 5.75 Å². The third-order valence-electron chi connectivity index (χ3n) is 4.54. The number of hydrogen-bond acceptors (Lipinski definition) is 4. The van der Waals surface area contributed by atoms with Crippen LogP contribution in [0.15, 0.2) is 72.1 Å². The lowest BCUT2D eigenvalue weighted by Gasteiger charge is -2.09. The van der Waals surface area contributed by atoms with E-state index < -0.39 is 5.82 Å². The smallest absolute Gasteiger partial charge is 0.275 e. The average Bonchev–Trinajstić information content (AvgIpc) is 3.24. The molecule has 1 N–H and O–H groups in total. The highest BCUT2D eigenvalue weighted by atomic mass is 35.5. The highest BCUT2D eigenvalue weighted by Crippen LogP contribution is 2.28. The van der Waals surface area contributed by atoms with E-state index in [1.165, 1.54) is 17.4 Å². The SMILES string of the molecule is Cc1cccc(NC(=O)c2csc(-c3cccc(OCc4c(F)cccc4Cl)c3)n2)c1. The van der Waals surface area contributed by atoms with Gasteiger partial charge in [0, 0.05) is 22.2 Å². The van der Waals surface area contributed by atoms with Crippen molar-refractivity contribution in [2.24, 2.45) is 0 Å². The number of thiazole rings is 1. The number of carbonyl (C=O) groups is 1. The zero-order valence-electron chi connectivity index (χ0n) is 16.6. The van der Waals surface area contributed by atoms with Crippen molar-refractivity contribution < 1.29 is 13.9 Å². The van der Waals surface area contributed by atoms with Crippen molar-refractivity contribution >= 4 is 34.5 Å². The summed E-state index contributed by atoms with van der Waals surface area (Å²) in [6.07, 6.45) is 0. The van der Waals surface area contributed by atoms with Gasteiger partial charge in [0.15, 0.2) is 0 Å². The second kappa shape index (κ2) is 9.29. The van der Waals surface area contributed by atoms with E-state index in [0.29, 0.717) is 27.0 Å². The van der Waals surface area contributed by atoms with E-state index in [1.807, 2.05) is 43.3 Å². The topological polar surface area (TPSA) is 51.2 Å². The maximum atomic E-state index is 13.9. The molecule has 4 aromatic rings. The zero-order chi connectivity index (χ0) is 21.8. The number of aryl methyl sites for hydroxylation is 1. The molecular weight excluding hydrogens is 435 g/mol. The molecule has 1 amide bonds. The van der Waals surface area contributed by atoms with E-state index in [1.54, 1.807) is 29.6 Å². The van der Waals surface area contributed by atoms with Crippen LogP contribution in [-0.4, -0.2) is 10.9 Å². The van der Waals surface area contributed by atoms with Gasteiger partial charge in [-0.05, 0) is 48.9 Å². The van der Waals surface area contributed by atoms with E-state index in [9.17, 15) is 9.18 Å². The third-order valence-corrected chi connectivity index (χ3v) is 5.78. The number of ether oxygens (including phenoxy) is 1. The Morgan fingerprint density at radius 2 is 1.94 bits per heavy atom. The first-order valence-electron chi connectivity index (χ1n) is 9.49. The quantitative estimate of drug-likeness (QED) is 0.352. The van der Waals surface area contributed by atoms with Crippen molar-refractivity contribution in [3.05, 3.63) is 99.8 Å². The zero-order valence-corrected chi connectivity index (χ0v) is 18.1. The van der Waals surface area contributed by atoms with Gasteiger partial charge in [0.1, 0.15) is 28.9 Å². The summed E-state index contributed by atoms with van der Waals surface area (Å²) in [7, 11) is 0. The maximum absolute atomic E-state index is 13.9. The predicted molar refractivity (Wildman–Crippen MR) is 122 cm³/mol. The molecule has 0 bridgehead atoms. The summed E-state index contributed by atoms with van der Waals surface area (Å²) in [6, 6.07) is 19.4. The lowest BCUT2D eigenvalue weighted by molar-refractivity contribution is 0.102. The van der Waals surface area contributed by atoms with Crippen molar-refractivity contribution in [2.45, 2.75) is 13.5 Å². The molecule has 1 heterocycles. The van der Waals surface area contributed by atoms with Crippen LogP contribution in [0.25, 0.3) is 10.6 Å². The summed E-state index contributed by atoms with van der Waals surface area (Å²) < 4.78 is 19.7. The van der Waals surface area contributed by atoms with Crippen LogP contribution < -0.4 is 10.1 Å². The van der Waals surface area contributed by atoms with Crippen LogP contribution in [0.3, 0.4) is 0 Å². The summed E-state index contributed by atoms with van der Waals surface area (Å²) >= 11 is 7.42. The van der Waals surface area contributed by atoms with Gasteiger partial charge in [-0.1, -0.05) is 41.9 Å². The standard InChI is InChI=1S/C24H18ClFN2O2S/c1-15-5-2-7-17(11-15)27-23(29)22-14-31-24(28-22)16-6-3-8-18(12-16)30-13-19-20(25)9-4-10-21(19)26/h2-12,14H,13H2,1H3,(H,27,29). The number of nitrogens with zero attached hydrogens (tertiary/aromatic N) is 1. The highest BCUT2D eigenvalue weighted by molar-refractivity contribution is 7.13. The molecule has 0 aliphatic rings. The average molecular weight is 453 g/mol. The van der Waals surface area contributed by atoms with Crippen LogP contribution in [0, 0.1) is 12.7 Å². The Kier molecular flexibility index (Phi) is 6.30.